The molecule has 2 aliphatic heterocycles. The first-order valence-electron chi connectivity index (χ1n) is 8.67. The number of carbonyl (C=O) groups is 4. The van der Waals surface area contributed by atoms with E-state index in [1.807, 2.05) is 6.07 Å². The van der Waals surface area contributed by atoms with Gasteiger partial charge < -0.3 is 14.5 Å². The van der Waals surface area contributed by atoms with Crippen LogP contribution in [-0.4, -0.2) is 65.9 Å². The first-order chi connectivity index (χ1) is 12.5. The Labute approximate surface area is 151 Å². The Balaban J connectivity index is 1.62. The second kappa shape index (κ2) is 7.55. The molecule has 0 radical (unpaired) electrons. The largest absolute Gasteiger partial charge is 0.459 e. The number of carbonyl (C=O) groups excluding carboxylic acids is 4. The molecular weight excluding hydrogens is 338 g/mol. The summed E-state index contributed by atoms with van der Waals surface area (Å²) in [5.41, 5.74) is 0.555. The lowest BCUT2D eigenvalue weighted by Crippen LogP contribution is -2.49. The monoisotopic (exact) mass is 359 g/mol. The van der Waals surface area contributed by atoms with Gasteiger partial charge in [-0.25, -0.2) is 14.5 Å². The van der Waals surface area contributed by atoms with E-state index in [0.29, 0.717) is 31.6 Å². The van der Waals surface area contributed by atoms with E-state index in [1.54, 1.807) is 36.1 Å². The number of esters is 1. The number of anilines is 1. The number of ether oxygens (including phenoxy) is 1. The molecule has 3 rings (SSSR count). The van der Waals surface area contributed by atoms with Crippen LogP contribution in [0, 0.1) is 0 Å². The fourth-order valence-corrected chi connectivity index (χ4v) is 3.34. The number of benzene rings is 1. The summed E-state index contributed by atoms with van der Waals surface area (Å²) in [6, 6.07) is 8.35. The highest BCUT2D eigenvalue weighted by Gasteiger charge is 2.42. The van der Waals surface area contributed by atoms with Crippen LogP contribution in [0.25, 0.3) is 0 Å². The van der Waals surface area contributed by atoms with Gasteiger partial charge in [-0.3, -0.25) is 9.59 Å². The fourth-order valence-electron chi connectivity index (χ4n) is 3.34. The summed E-state index contributed by atoms with van der Waals surface area (Å²) in [7, 11) is 0. The molecule has 26 heavy (non-hydrogen) atoms. The lowest BCUT2D eigenvalue weighted by molar-refractivity contribution is -0.160. The zero-order valence-corrected chi connectivity index (χ0v) is 14.6. The van der Waals surface area contributed by atoms with E-state index in [1.165, 1.54) is 9.80 Å². The molecule has 2 heterocycles. The zero-order valence-electron chi connectivity index (χ0n) is 14.6. The van der Waals surface area contributed by atoms with Gasteiger partial charge in [-0.1, -0.05) is 18.2 Å². The Kier molecular flexibility index (Phi) is 5.20. The van der Waals surface area contributed by atoms with Crippen molar-refractivity contribution in [2.24, 2.45) is 0 Å². The quantitative estimate of drug-likeness (QED) is 0.457. The van der Waals surface area contributed by atoms with Crippen LogP contribution in [0.3, 0.4) is 0 Å². The SMILES string of the molecule is CCOC(=O)C(=O)N1CCC(N2CC(=O)N(c3ccccc3)C2=O)CC1. The minimum Gasteiger partial charge on any atom is -0.459 e. The lowest BCUT2D eigenvalue weighted by Gasteiger charge is -2.35. The molecule has 0 saturated carbocycles. The Morgan fingerprint density at radius 3 is 2.38 bits per heavy atom. The van der Waals surface area contributed by atoms with Gasteiger partial charge in [0.05, 0.1) is 12.3 Å². The van der Waals surface area contributed by atoms with E-state index in [4.69, 9.17) is 4.74 Å². The number of para-hydroxylation sites is 1. The van der Waals surface area contributed by atoms with Gasteiger partial charge in [0.2, 0.25) is 0 Å². The standard InChI is InChI=1S/C18H21N3O5/c1-2-26-17(24)16(23)19-10-8-13(9-11-19)20-12-15(22)21(18(20)25)14-6-4-3-5-7-14/h3-7,13H,2,8-12H2,1H3. The van der Waals surface area contributed by atoms with E-state index in [2.05, 4.69) is 0 Å². The number of hydrogen-bond acceptors (Lipinski definition) is 5. The van der Waals surface area contributed by atoms with Crippen molar-refractivity contribution in [3.63, 3.8) is 0 Å². The average Bonchev–Trinajstić information content (AvgIpc) is 2.96. The van der Waals surface area contributed by atoms with Crippen molar-refractivity contribution < 1.29 is 23.9 Å². The number of amides is 4. The van der Waals surface area contributed by atoms with Gasteiger partial charge in [0.15, 0.2) is 0 Å². The van der Waals surface area contributed by atoms with Gasteiger partial charge in [0, 0.05) is 19.1 Å². The van der Waals surface area contributed by atoms with E-state index in [0.717, 1.165) is 0 Å². The third kappa shape index (κ3) is 3.40. The van der Waals surface area contributed by atoms with Crippen molar-refractivity contribution in [3.8, 4) is 0 Å². The average molecular weight is 359 g/mol. The highest BCUT2D eigenvalue weighted by Crippen LogP contribution is 2.26. The van der Waals surface area contributed by atoms with Crippen molar-refractivity contribution in [1.82, 2.24) is 9.80 Å². The van der Waals surface area contributed by atoms with Crippen LogP contribution in [-0.2, 0) is 19.1 Å². The van der Waals surface area contributed by atoms with Crippen molar-refractivity contribution in [2.45, 2.75) is 25.8 Å². The molecule has 0 spiro atoms. The number of imide groups is 1. The molecule has 0 bridgehead atoms. The minimum absolute atomic E-state index is 0.0320. The van der Waals surface area contributed by atoms with Crippen LogP contribution >= 0.6 is 0 Å². The Morgan fingerprint density at radius 1 is 1.12 bits per heavy atom. The van der Waals surface area contributed by atoms with Crippen molar-refractivity contribution in [2.75, 3.05) is 31.1 Å². The summed E-state index contributed by atoms with van der Waals surface area (Å²) in [5.74, 6) is -1.76. The molecule has 8 heteroatoms. The maximum Gasteiger partial charge on any atom is 0.397 e. The molecule has 0 aliphatic carbocycles. The van der Waals surface area contributed by atoms with Crippen LogP contribution in [0.4, 0.5) is 10.5 Å². The zero-order chi connectivity index (χ0) is 18.7. The predicted octanol–water partition coefficient (Wildman–Crippen LogP) is 1.01. The molecule has 1 aromatic carbocycles. The molecule has 1 aromatic rings. The van der Waals surface area contributed by atoms with Crippen LogP contribution in [0.2, 0.25) is 0 Å². The second-order valence-electron chi connectivity index (χ2n) is 6.22. The lowest BCUT2D eigenvalue weighted by atomic mass is 10.0. The molecule has 0 unspecified atom stereocenters. The van der Waals surface area contributed by atoms with Gasteiger partial charge in [0.1, 0.15) is 6.54 Å². The number of urea groups is 1. The highest BCUT2D eigenvalue weighted by atomic mass is 16.5. The predicted molar refractivity (Wildman–Crippen MR) is 92.3 cm³/mol. The topological polar surface area (TPSA) is 87.2 Å². The Morgan fingerprint density at radius 2 is 1.77 bits per heavy atom. The minimum atomic E-state index is -0.853. The Bertz CT molecular complexity index is 713. The molecule has 4 amide bonds. The molecule has 2 saturated heterocycles. The molecule has 138 valence electrons. The first kappa shape index (κ1) is 17.9. The van der Waals surface area contributed by atoms with E-state index in [-0.39, 0.29) is 31.1 Å². The summed E-state index contributed by atoms with van der Waals surface area (Å²) < 4.78 is 4.73. The summed E-state index contributed by atoms with van der Waals surface area (Å²) in [6.45, 7) is 2.54. The summed E-state index contributed by atoms with van der Waals surface area (Å²) >= 11 is 0. The number of nitrogens with zero attached hydrogens (tertiary/aromatic N) is 3. The normalized spacial score (nSPS) is 18.4. The second-order valence-corrected chi connectivity index (χ2v) is 6.22. The molecule has 8 nitrogen and oxygen atoms in total. The number of rotatable bonds is 3. The molecule has 0 N–H and O–H groups in total. The number of likely N-dealkylation sites (tertiary alicyclic amines) is 1. The van der Waals surface area contributed by atoms with E-state index < -0.39 is 11.9 Å². The Hall–Kier alpha value is -2.90. The number of piperidine rings is 1. The summed E-state index contributed by atoms with van der Waals surface area (Å²) in [4.78, 5) is 52.7. The third-order valence-electron chi connectivity index (χ3n) is 4.65. The smallest absolute Gasteiger partial charge is 0.397 e. The molecule has 0 aromatic heterocycles. The summed E-state index contributed by atoms with van der Waals surface area (Å²) in [5, 5.41) is 0. The van der Waals surface area contributed by atoms with Crippen molar-refractivity contribution in [3.05, 3.63) is 30.3 Å². The molecular formula is C18H21N3O5. The third-order valence-corrected chi connectivity index (χ3v) is 4.65. The van der Waals surface area contributed by atoms with E-state index in [9.17, 15) is 19.2 Å². The van der Waals surface area contributed by atoms with Crippen LogP contribution in [0.1, 0.15) is 19.8 Å². The van der Waals surface area contributed by atoms with Crippen molar-refractivity contribution in [1.29, 1.82) is 0 Å². The van der Waals surface area contributed by atoms with E-state index >= 15 is 0 Å². The number of hydrogen-bond donors (Lipinski definition) is 0. The van der Waals surface area contributed by atoms with Gasteiger partial charge >= 0.3 is 17.9 Å². The van der Waals surface area contributed by atoms with Gasteiger partial charge in [-0.15, -0.1) is 0 Å². The van der Waals surface area contributed by atoms with Crippen LogP contribution < -0.4 is 4.90 Å². The molecule has 2 fully saturated rings. The molecule has 2 aliphatic rings. The van der Waals surface area contributed by atoms with Gasteiger partial charge in [0.25, 0.3) is 5.91 Å². The van der Waals surface area contributed by atoms with Crippen LogP contribution in [0.5, 0.6) is 0 Å². The molecule has 0 atom stereocenters. The first-order valence-corrected chi connectivity index (χ1v) is 8.67. The van der Waals surface area contributed by atoms with Crippen LogP contribution in [0.15, 0.2) is 30.3 Å². The van der Waals surface area contributed by atoms with Gasteiger partial charge in [-0.05, 0) is 31.9 Å². The summed E-state index contributed by atoms with van der Waals surface area (Å²) in [6.07, 6.45) is 1.04. The maximum atomic E-state index is 12.7. The van der Waals surface area contributed by atoms with Crippen molar-refractivity contribution >= 4 is 29.5 Å². The van der Waals surface area contributed by atoms with Gasteiger partial charge in [-0.2, -0.15) is 0 Å². The maximum absolute atomic E-state index is 12.7. The highest BCUT2D eigenvalue weighted by molar-refractivity contribution is 6.32. The fraction of sp³-hybridized carbons (Fsp3) is 0.444.